The zero-order valence-electron chi connectivity index (χ0n) is 15.5. The summed E-state index contributed by atoms with van der Waals surface area (Å²) in [4.78, 5) is 11.0. The average Bonchev–Trinajstić information content (AvgIpc) is 2.65. The van der Waals surface area contributed by atoms with Gasteiger partial charge in [0.15, 0.2) is 5.75 Å². The van der Waals surface area contributed by atoms with Crippen molar-refractivity contribution in [1.29, 1.82) is 0 Å². The van der Waals surface area contributed by atoms with E-state index >= 15 is 0 Å². The molecule has 0 spiro atoms. The highest BCUT2D eigenvalue weighted by molar-refractivity contribution is 5.51. The molecule has 0 aliphatic heterocycles. The molecule has 1 atom stereocenters. The molecule has 0 bridgehead atoms. The van der Waals surface area contributed by atoms with E-state index in [1.807, 2.05) is 37.3 Å². The molecule has 5 heteroatoms. The van der Waals surface area contributed by atoms with Gasteiger partial charge in [0, 0.05) is 0 Å². The predicted octanol–water partition coefficient (Wildman–Crippen LogP) is 5.91. The van der Waals surface area contributed by atoms with Gasteiger partial charge in [-0.3, -0.25) is 10.1 Å². The van der Waals surface area contributed by atoms with E-state index in [1.54, 1.807) is 12.1 Å². The lowest BCUT2D eigenvalue weighted by Crippen LogP contribution is -2.11. The lowest BCUT2D eigenvalue weighted by atomic mass is 10.1. The van der Waals surface area contributed by atoms with Crippen LogP contribution in [-0.2, 0) is 6.61 Å². The number of nitro groups is 1. The van der Waals surface area contributed by atoms with Crippen LogP contribution < -0.4 is 9.47 Å². The van der Waals surface area contributed by atoms with Crippen LogP contribution in [0.5, 0.6) is 11.5 Å². The molecule has 0 aromatic heterocycles. The summed E-state index contributed by atoms with van der Waals surface area (Å²) in [6.45, 7) is 4.47. The minimum Gasteiger partial charge on any atom is -0.490 e. The molecule has 5 nitrogen and oxygen atoms in total. The fourth-order valence-electron chi connectivity index (χ4n) is 2.72. The molecule has 0 aliphatic carbocycles. The van der Waals surface area contributed by atoms with E-state index in [0.29, 0.717) is 5.75 Å². The van der Waals surface area contributed by atoms with E-state index < -0.39 is 4.92 Å². The highest BCUT2D eigenvalue weighted by Gasteiger charge is 2.18. The topological polar surface area (TPSA) is 61.6 Å². The largest absolute Gasteiger partial charge is 0.490 e. The maximum atomic E-state index is 11.4. The van der Waals surface area contributed by atoms with Crippen molar-refractivity contribution in [2.45, 2.75) is 58.7 Å². The summed E-state index contributed by atoms with van der Waals surface area (Å²) >= 11 is 0. The van der Waals surface area contributed by atoms with Crippen molar-refractivity contribution in [1.82, 2.24) is 0 Å². The number of hydrogen-bond acceptors (Lipinski definition) is 4. The van der Waals surface area contributed by atoms with Crippen LogP contribution in [0.3, 0.4) is 0 Å². The number of rotatable bonds is 11. The monoisotopic (exact) mass is 357 g/mol. The standard InChI is InChI=1S/C21H27NO4/c1-3-4-5-7-10-17(2)26-19-13-14-21(20(15-19)22(23)24)25-16-18-11-8-6-9-12-18/h6,8-9,11-15,17H,3-5,7,10,16H2,1-2H3/t17-/m0/s1. The van der Waals surface area contributed by atoms with Crippen molar-refractivity contribution in [3.05, 3.63) is 64.2 Å². The molecule has 0 N–H and O–H groups in total. The summed E-state index contributed by atoms with van der Waals surface area (Å²) in [6.07, 6.45) is 5.70. The summed E-state index contributed by atoms with van der Waals surface area (Å²) in [5.41, 5.74) is 0.888. The highest BCUT2D eigenvalue weighted by Crippen LogP contribution is 2.32. The van der Waals surface area contributed by atoms with Crippen molar-refractivity contribution in [3.8, 4) is 11.5 Å². The van der Waals surface area contributed by atoms with Gasteiger partial charge in [-0.15, -0.1) is 0 Å². The molecular weight excluding hydrogens is 330 g/mol. The third kappa shape index (κ3) is 6.39. The van der Waals surface area contributed by atoms with Gasteiger partial charge in [0.05, 0.1) is 17.1 Å². The SMILES string of the molecule is CCCCCC[C@H](C)Oc1ccc(OCc2ccccc2)c([N+](=O)[O-])c1. The number of unbranched alkanes of at least 4 members (excludes halogenated alkanes) is 3. The van der Waals surface area contributed by atoms with Gasteiger partial charge in [-0.25, -0.2) is 0 Å². The minimum atomic E-state index is -0.431. The minimum absolute atomic E-state index is 0.0301. The van der Waals surface area contributed by atoms with Crippen molar-refractivity contribution in [2.24, 2.45) is 0 Å². The Bertz CT molecular complexity index is 688. The molecule has 0 aliphatic rings. The van der Waals surface area contributed by atoms with Gasteiger partial charge in [0.2, 0.25) is 0 Å². The first-order valence-electron chi connectivity index (χ1n) is 9.22. The van der Waals surface area contributed by atoms with Crippen LogP contribution in [0.1, 0.15) is 51.5 Å². The molecule has 0 saturated heterocycles. The molecule has 0 radical (unpaired) electrons. The first-order valence-corrected chi connectivity index (χ1v) is 9.22. The van der Waals surface area contributed by atoms with E-state index in [1.165, 1.54) is 25.3 Å². The normalized spacial score (nSPS) is 11.8. The molecule has 2 aromatic rings. The third-order valence-electron chi connectivity index (χ3n) is 4.17. The molecule has 140 valence electrons. The Morgan fingerprint density at radius 2 is 1.85 bits per heavy atom. The summed E-state index contributed by atoms with van der Waals surface area (Å²) in [6, 6.07) is 14.4. The Morgan fingerprint density at radius 1 is 1.08 bits per heavy atom. The molecular formula is C21H27NO4. The number of hydrogen-bond donors (Lipinski definition) is 0. The van der Waals surface area contributed by atoms with Gasteiger partial charge >= 0.3 is 5.69 Å². The smallest absolute Gasteiger partial charge is 0.314 e. The summed E-state index contributed by atoms with van der Waals surface area (Å²) in [5.74, 6) is 0.758. The molecule has 0 heterocycles. The van der Waals surface area contributed by atoms with Crippen LogP contribution in [0.2, 0.25) is 0 Å². The van der Waals surface area contributed by atoms with Gasteiger partial charge in [-0.05, 0) is 37.5 Å². The van der Waals surface area contributed by atoms with Gasteiger partial charge in [-0.1, -0.05) is 56.5 Å². The van der Waals surface area contributed by atoms with E-state index in [-0.39, 0.29) is 24.1 Å². The first-order chi connectivity index (χ1) is 12.6. The number of nitrogens with zero attached hydrogens (tertiary/aromatic N) is 1. The lowest BCUT2D eigenvalue weighted by Gasteiger charge is -2.15. The molecule has 26 heavy (non-hydrogen) atoms. The van der Waals surface area contributed by atoms with E-state index in [4.69, 9.17) is 9.47 Å². The zero-order chi connectivity index (χ0) is 18.8. The second-order valence-electron chi connectivity index (χ2n) is 6.44. The van der Waals surface area contributed by atoms with Crippen LogP contribution in [0, 0.1) is 10.1 Å². The van der Waals surface area contributed by atoms with E-state index in [0.717, 1.165) is 18.4 Å². The quantitative estimate of drug-likeness (QED) is 0.285. The maximum absolute atomic E-state index is 11.4. The van der Waals surface area contributed by atoms with Gasteiger partial charge < -0.3 is 9.47 Å². The van der Waals surface area contributed by atoms with Crippen molar-refractivity contribution in [2.75, 3.05) is 0 Å². The van der Waals surface area contributed by atoms with Gasteiger partial charge in [0.1, 0.15) is 12.4 Å². The predicted molar refractivity (Wildman–Crippen MR) is 103 cm³/mol. The molecule has 2 aromatic carbocycles. The van der Waals surface area contributed by atoms with Crippen LogP contribution >= 0.6 is 0 Å². The number of ether oxygens (including phenoxy) is 2. The average molecular weight is 357 g/mol. The number of nitro benzene ring substituents is 1. The van der Waals surface area contributed by atoms with Crippen LogP contribution in [0.15, 0.2) is 48.5 Å². The van der Waals surface area contributed by atoms with Crippen molar-refractivity contribution >= 4 is 5.69 Å². The summed E-state index contributed by atoms with van der Waals surface area (Å²) in [5, 5.41) is 11.4. The molecule has 0 fully saturated rings. The Kier molecular flexibility index (Phi) is 7.93. The van der Waals surface area contributed by atoms with E-state index in [2.05, 4.69) is 6.92 Å². The second-order valence-corrected chi connectivity index (χ2v) is 6.44. The van der Waals surface area contributed by atoms with Crippen molar-refractivity contribution in [3.63, 3.8) is 0 Å². The third-order valence-corrected chi connectivity index (χ3v) is 4.17. The fraction of sp³-hybridized carbons (Fsp3) is 0.429. The molecule has 0 saturated carbocycles. The Balaban J connectivity index is 1.97. The highest BCUT2D eigenvalue weighted by atomic mass is 16.6. The molecule has 0 amide bonds. The summed E-state index contributed by atoms with van der Waals surface area (Å²) < 4.78 is 11.5. The Hall–Kier alpha value is -2.56. The van der Waals surface area contributed by atoms with Gasteiger partial charge in [-0.2, -0.15) is 0 Å². The maximum Gasteiger partial charge on any atom is 0.314 e. The van der Waals surface area contributed by atoms with Crippen LogP contribution in [-0.4, -0.2) is 11.0 Å². The Morgan fingerprint density at radius 3 is 2.54 bits per heavy atom. The fourth-order valence-corrected chi connectivity index (χ4v) is 2.72. The van der Waals surface area contributed by atoms with Crippen LogP contribution in [0.4, 0.5) is 5.69 Å². The second kappa shape index (κ2) is 10.4. The lowest BCUT2D eigenvalue weighted by molar-refractivity contribution is -0.386. The molecule has 2 rings (SSSR count). The van der Waals surface area contributed by atoms with Crippen LogP contribution in [0.25, 0.3) is 0 Å². The first kappa shape index (κ1) is 19.8. The van der Waals surface area contributed by atoms with Gasteiger partial charge in [0.25, 0.3) is 0 Å². The number of benzene rings is 2. The Labute approximate surface area is 155 Å². The molecule has 0 unspecified atom stereocenters. The zero-order valence-corrected chi connectivity index (χ0v) is 15.5. The van der Waals surface area contributed by atoms with E-state index in [9.17, 15) is 10.1 Å². The summed E-state index contributed by atoms with van der Waals surface area (Å²) in [7, 11) is 0. The van der Waals surface area contributed by atoms with Crippen molar-refractivity contribution < 1.29 is 14.4 Å².